The van der Waals surface area contributed by atoms with Crippen LogP contribution >= 0.6 is 11.8 Å². The van der Waals surface area contributed by atoms with Gasteiger partial charge in [0.05, 0.1) is 24.0 Å². The van der Waals surface area contributed by atoms with Crippen LogP contribution < -0.4 is 0 Å². The fourth-order valence-electron chi connectivity index (χ4n) is 0.971. The minimum atomic E-state index is -0.397. The van der Waals surface area contributed by atoms with Crippen LogP contribution in [0.4, 0.5) is 0 Å². The summed E-state index contributed by atoms with van der Waals surface area (Å²) in [7, 11) is 0. The van der Waals surface area contributed by atoms with Gasteiger partial charge in [0, 0.05) is 6.20 Å². The molecule has 0 aliphatic rings. The summed E-state index contributed by atoms with van der Waals surface area (Å²) in [6.07, 6.45) is 1.59. The normalized spacial score (nSPS) is 9.33. The number of pyridine rings is 1. The molecule has 0 aliphatic heterocycles. The van der Waals surface area contributed by atoms with Gasteiger partial charge in [-0.1, -0.05) is 11.8 Å². The second-order valence-corrected chi connectivity index (χ2v) is 3.49. The van der Waals surface area contributed by atoms with E-state index >= 15 is 0 Å². The lowest BCUT2D eigenvalue weighted by atomic mass is 10.3. The molecular weight excluding hydrogens is 212 g/mol. The van der Waals surface area contributed by atoms with Crippen molar-refractivity contribution >= 4 is 17.7 Å². The largest absolute Gasteiger partial charge is 0.462 e. The molecule has 0 atom stereocenters. The molecule has 0 spiro atoms. The maximum atomic E-state index is 11.5. The molecule has 0 radical (unpaired) electrons. The monoisotopic (exact) mass is 222 g/mol. The van der Waals surface area contributed by atoms with Gasteiger partial charge >= 0.3 is 5.97 Å². The SMILES string of the molecule is CCOC(=O)c1cccnc1SCC#N. The van der Waals surface area contributed by atoms with Crippen LogP contribution in [0.15, 0.2) is 23.4 Å². The first kappa shape index (κ1) is 11.5. The highest BCUT2D eigenvalue weighted by Crippen LogP contribution is 2.19. The molecule has 1 heterocycles. The summed E-state index contributed by atoms with van der Waals surface area (Å²) in [5.41, 5.74) is 0.416. The molecule has 1 aromatic rings. The van der Waals surface area contributed by atoms with E-state index < -0.39 is 5.97 Å². The number of carbonyl (C=O) groups excluding carboxylic acids is 1. The summed E-state index contributed by atoms with van der Waals surface area (Å²) in [6, 6.07) is 5.30. The Morgan fingerprint density at radius 2 is 2.53 bits per heavy atom. The van der Waals surface area contributed by atoms with Crippen LogP contribution in [-0.4, -0.2) is 23.3 Å². The van der Waals surface area contributed by atoms with Gasteiger partial charge < -0.3 is 4.74 Å². The summed E-state index contributed by atoms with van der Waals surface area (Å²) in [6.45, 7) is 2.08. The molecule has 1 aromatic heterocycles. The predicted octanol–water partition coefficient (Wildman–Crippen LogP) is 1.87. The Morgan fingerprint density at radius 3 is 3.20 bits per heavy atom. The summed E-state index contributed by atoms with van der Waals surface area (Å²) in [5.74, 6) is -0.130. The number of rotatable bonds is 4. The smallest absolute Gasteiger partial charge is 0.340 e. The van der Waals surface area contributed by atoms with Gasteiger partial charge in [-0.25, -0.2) is 9.78 Å². The molecule has 4 nitrogen and oxygen atoms in total. The Labute approximate surface area is 92.3 Å². The zero-order chi connectivity index (χ0) is 11.1. The van der Waals surface area contributed by atoms with Crippen LogP contribution in [0.5, 0.6) is 0 Å². The van der Waals surface area contributed by atoms with Gasteiger partial charge in [-0.15, -0.1) is 0 Å². The standard InChI is InChI=1S/C10H10N2O2S/c1-2-14-10(13)8-4-3-6-12-9(8)15-7-5-11/h3-4,6H,2,7H2,1H3. The van der Waals surface area contributed by atoms with Gasteiger partial charge in [-0.05, 0) is 19.1 Å². The third kappa shape index (κ3) is 3.26. The molecule has 0 unspecified atom stereocenters. The molecule has 0 amide bonds. The summed E-state index contributed by atoms with van der Waals surface area (Å²) in [5, 5.41) is 8.98. The molecule has 0 aromatic carbocycles. The molecular formula is C10H10N2O2S. The Balaban J connectivity index is 2.86. The van der Waals surface area contributed by atoms with Crippen LogP contribution in [0.1, 0.15) is 17.3 Å². The molecule has 0 bridgehead atoms. The third-order valence-corrected chi connectivity index (χ3v) is 2.41. The zero-order valence-electron chi connectivity index (χ0n) is 8.27. The molecule has 5 heteroatoms. The number of ether oxygens (including phenoxy) is 1. The van der Waals surface area contributed by atoms with Crippen molar-refractivity contribution in [1.82, 2.24) is 4.98 Å². The van der Waals surface area contributed by atoms with Gasteiger partial charge in [-0.2, -0.15) is 5.26 Å². The fraction of sp³-hybridized carbons (Fsp3) is 0.300. The molecule has 0 saturated heterocycles. The van der Waals surface area contributed by atoms with Gasteiger partial charge in [0.1, 0.15) is 5.03 Å². The Morgan fingerprint density at radius 1 is 1.73 bits per heavy atom. The van der Waals surface area contributed by atoms with E-state index in [1.54, 1.807) is 25.3 Å². The van der Waals surface area contributed by atoms with Gasteiger partial charge in [0.15, 0.2) is 0 Å². The van der Waals surface area contributed by atoms with Crippen molar-refractivity contribution in [2.24, 2.45) is 0 Å². The van der Waals surface area contributed by atoms with Crippen LogP contribution in [-0.2, 0) is 4.74 Å². The van der Waals surface area contributed by atoms with Crippen LogP contribution in [0.2, 0.25) is 0 Å². The second-order valence-electron chi connectivity index (χ2n) is 2.52. The quantitative estimate of drug-likeness (QED) is 0.575. The molecule has 1 rings (SSSR count). The number of thioether (sulfide) groups is 1. The van der Waals surface area contributed by atoms with Crippen molar-refractivity contribution in [3.05, 3.63) is 23.9 Å². The number of hydrogen-bond donors (Lipinski definition) is 0. The predicted molar refractivity (Wildman–Crippen MR) is 56.5 cm³/mol. The molecule has 78 valence electrons. The fourth-order valence-corrected chi connectivity index (χ4v) is 1.61. The maximum Gasteiger partial charge on any atom is 0.340 e. The minimum Gasteiger partial charge on any atom is -0.462 e. The summed E-state index contributed by atoms with van der Waals surface area (Å²) < 4.78 is 4.87. The molecule has 0 saturated carbocycles. The Hall–Kier alpha value is -1.54. The van der Waals surface area contributed by atoms with Gasteiger partial charge in [0.25, 0.3) is 0 Å². The lowest BCUT2D eigenvalue weighted by molar-refractivity contribution is 0.0521. The number of aromatic nitrogens is 1. The highest BCUT2D eigenvalue weighted by atomic mass is 32.2. The number of esters is 1. The van der Waals surface area contributed by atoms with E-state index in [4.69, 9.17) is 10.00 Å². The van der Waals surface area contributed by atoms with Gasteiger partial charge in [-0.3, -0.25) is 0 Å². The average molecular weight is 222 g/mol. The first-order valence-corrected chi connectivity index (χ1v) is 5.40. The lowest BCUT2D eigenvalue weighted by Crippen LogP contribution is -2.07. The van der Waals surface area contributed by atoms with Crippen molar-refractivity contribution in [2.45, 2.75) is 11.9 Å². The van der Waals surface area contributed by atoms with E-state index in [9.17, 15) is 4.79 Å². The molecule has 15 heavy (non-hydrogen) atoms. The van der Waals surface area contributed by atoms with Crippen LogP contribution in [0.3, 0.4) is 0 Å². The van der Waals surface area contributed by atoms with E-state index in [1.165, 1.54) is 11.8 Å². The average Bonchev–Trinajstić information content (AvgIpc) is 2.27. The zero-order valence-corrected chi connectivity index (χ0v) is 9.08. The van der Waals surface area contributed by atoms with E-state index in [0.717, 1.165) is 0 Å². The summed E-state index contributed by atoms with van der Waals surface area (Å²) >= 11 is 1.23. The Bertz CT molecular complexity index is 387. The number of hydrogen-bond acceptors (Lipinski definition) is 5. The van der Waals surface area contributed by atoms with Crippen molar-refractivity contribution in [2.75, 3.05) is 12.4 Å². The molecule has 0 aliphatic carbocycles. The van der Waals surface area contributed by atoms with E-state index in [2.05, 4.69) is 4.98 Å². The van der Waals surface area contributed by atoms with Crippen molar-refractivity contribution in [3.63, 3.8) is 0 Å². The number of carbonyl (C=O) groups is 1. The van der Waals surface area contributed by atoms with E-state index in [0.29, 0.717) is 17.2 Å². The molecule has 0 fully saturated rings. The first-order valence-electron chi connectivity index (χ1n) is 4.41. The maximum absolute atomic E-state index is 11.5. The number of nitriles is 1. The van der Waals surface area contributed by atoms with E-state index in [-0.39, 0.29) is 5.75 Å². The Kier molecular flexibility index (Phi) is 4.64. The molecule has 0 N–H and O–H groups in total. The van der Waals surface area contributed by atoms with E-state index in [1.807, 2.05) is 6.07 Å². The highest BCUT2D eigenvalue weighted by molar-refractivity contribution is 7.99. The number of nitrogens with zero attached hydrogens (tertiary/aromatic N) is 2. The minimum absolute atomic E-state index is 0.267. The van der Waals surface area contributed by atoms with Crippen molar-refractivity contribution < 1.29 is 9.53 Å². The first-order chi connectivity index (χ1) is 7.29. The van der Waals surface area contributed by atoms with Crippen molar-refractivity contribution in [3.8, 4) is 6.07 Å². The van der Waals surface area contributed by atoms with Gasteiger partial charge in [0.2, 0.25) is 0 Å². The highest BCUT2D eigenvalue weighted by Gasteiger charge is 2.12. The van der Waals surface area contributed by atoms with Crippen LogP contribution in [0.25, 0.3) is 0 Å². The lowest BCUT2D eigenvalue weighted by Gasteiger charge is -2.05. The third-order valence-electron chi connectivity index (χ3n) is 1.54. The van der Waals surface area contributed by atoms with Crippen molar-refractivity contribution in [1.29, 1.82) is 5.26 Å². The summed E-state index contributed by atoms with van der Waals surface area (Å²) in [4.78, 5) is 15.5. The van der Waals surface area contributed by atoms with Crippen LogP contribution in [0, 0.1) is 11.3 Å². The second kappa shape index (κ2) is 6.04. The topological polar surface area (TPSA) is 63.0 Å².